The Morgan fingerprint density at radius 3 is 2.58 bits per heavy atom. The van der Waals surface area contributed by atoms with Gasteiger partial charge >= 0.3 is 0 Å². The van der Waals surface area contributed by atoms with Gasteiger partial charge in [-0.2, -0.15) is 14.7 Å². The molecule has 1 aliphatic carbocycles. The molecule has 1 saturated carbocycles. The Balaban J connectivity index is 1.22. The molecule has 0 spiro atoms. The summed E-state index contributed by atoms with van der Waals surface area (Å²) in [4.78, 5) is 20.5. The SMILES string of the molecule is CC(C(N)=O)n1cc(-c2ccc(-c3cnc4nnc(C5(c6ccc7ncccc7c6)CC5)n4n3)cc2)cn1. The molecule has 1 fully saturated rings. The van der Waals surface area contributed by atoms with E-state index >= 15 is 0 Å². The third kappa shape index (κ3) is 3.52. The van der Waals surface area contributed by atoms with Gasteiger partial charge in [0.25, 0.3) is 5.78 Å². The molecule has 1 amide bonds. The van der Waals surface area contributed by atoms with Crippen LogP contribution in [0.3, 0.4) is 0 Å². The van der Waals surface area contributed by atoms with Crippen LogP contribution in [0.5, 0.6) is 0 Å². The van der Waals surface area contributed by atoms with Gasteiger partial charge < -0.3 is 5.73 Å². The van der Waals surface area contributed by atoms with Gasteiger partial charge in [-0.25, -0.2) is 4.98 Å². The van der Waals surface area contributed by atoms with Crippen molar-refractivity contribution in [2.24, 2.45) is 5.73 Å². The lowest BCUT2D eigenvalue weighted by Crippen LogP contribution is -2.24. The van der Waals surface area contributed by atoms with E-state index in [1.165, 1.54) is 5.56 Å². The monoisotopic (exact) mass is 501 g/mol. The number of pyridine rings is 1. The fourth-order valence-electron chi connectivity index (χ4n) is 4.93. The van der Waals surface area contributed by atoms with Gasteiger partial charge in [-0.05, 0) is 49.1 Å². The van der Waals surface area contributed by atoms with E-state index in [1.807, 2.05) is 42.7 Å². The lowest BCUT2D eigenvalue weighted by molar-refractivity contribution is -0.120. The highest BCUT2D eigenvalue weighted by Gasteiger charge is 2.50. The van der Waals surface area contributed by atoms with Crippen molar-refractivity contribution in [3.63, 3.8) is 0 Å². The van der Waals surface area contributed by atoms with Crippen molar-refractivity contribution in [3.05, 3.63) is 90.8 Å². The van der Waals surface area contributed by atoms with Crippen LogP contribution in [0.2, 0.25) is 0 Å². The van der Waals surface area contributed by atoms with Crippen LogP contribution < -0.4 is 5.73 Å². The predicted octanol–water partition coefficient (Wildman–Crippen LogP) is 3.72. The molecule has 4 aromatic heterocycles. The van der Waals surface area contributed by atoms with E-state index in [0.29, 0.717) is 5.78 Å². The highest BCUT2D eigenvalue weighted by Crippen LogP contribution is 2.53. The van der Waals surface area contributed by atoms with E-state index in [9.17, 15) is 4.79 Å². The number of primary amides is 1. The maximum atomic E-state index is 11.5. The Morgan fingerprint density at radius 1 is 0.974 bits per heavy atom. The lowest BCUT2D eigenvalue weighted by atomic mass is 9.94. The van der Waals surface area contributed by atoms with E-state index in [4.69, 9.17) is 10.8 Å². The fourth-order valence-corrected chi connectivity index (χ4v) is 4.93. The number of benzene rings is 2. The second-order valence-corrected chi connectivity index (χ2v) is 9.74. The van der Waals surface area contributed by atoms with Crippen LogP contribution in [0.15, 0.2) is 79.4 Å². The molecule has 10 nitrogen and oxygen atoms in total. The van der Waals surface area contributed by atoms with Crippen LogP contribution in [0, 0.1) is 0 Å². The van der Waals surface area contributed by atoms with E-state index < -0.39 is 11.9 Å². The summed E-state index contributed by atoms with van der Waals surface area (Å²) in [5.74, 6) is 0.853. The van der Waals surface area contributed by atoms with E-state index in [2.05, 4.69) is 49.5 Å². The highest BCUT2D eigenvalue weighted by atomic mass is 16.1. The van der Waals surface area contributed by atoms with E-state index in [1.54, 1.807) is 28.5 Å². The number of fused-ring (bicyclic) bond motifs is 2. The van der Waals surface area contributed by atoms with Crippen molar-refractivity contribution >= 4 is 22.6 Å². The number of carbonyl (C=O) groups is 1. The topological polar surface area (TPSA) is 130 Å². The first-order chi connectivity index (χ1) is 18.5. The molecule has 38 heavy (non-hydrogen) atoms. The van der Waals surface area contributed by atoms with Crippen LogP contribution in [-0.4, -0.2) is 45.5 Å². The van der Waals surface area contributed by atoms with Crippen LogP contribution in [-0.2, 0) is 10.2 Å². The van der Waals surface area contributed by atoms with Gasteiger partial charge in [0.1, 0.15) is 11.7 Å². The van der Waals surface area contributed by atoms with Gasteiger partial charge in [0.05, 0.1) is 23.3 Å². The van der Waals surface area contributed by atoms with Gasteiger partial charge in [-0.1, -0.05) is 36.4 Å². The molecular weight excluding hydrogens is 478 g/mol. The molecule has 0 saturated heterocycles. The Kier molecular flexibility index (Phi) is 4.84. The molecule has 10 heteroatoms. The molecule has 0 radical (unpaired) electrons. The van der Waals surface area contributed by atoms with Crippen molar-refractivity contribution < 1.29 is 4.79 Å². The van der Waals surface area contributed by atoms with Crippen LogP contribution in [0.4, 0.5) is 0 Å². The molecule has 2 aromatic carbocycles. The van der Waals surface area contributed by atoms with Crippen molar-refractivity contribution in [3.8, 4) is 22.4 Å². The third-order valence-electron chi connectivity index (χ3n) is 7.39. The van der Waals surface area contributed by atoms with Crippen molar-refractivity contribution in [1.29, 1.82) is 0 Å². The first kappa shape index (κ1) is 22.2. The molecule has 4 heterocycles. The van der Waals surface area contributed by atoms with Gasteiger partial charge in [0, 0.05) is 28.9 Å². The summed E-state index contributed by atoms with van der Waals surface area (Å²) in [6.07, 6.45) is 9.02. The van der Waals surface area contributed by atoms with Gasteiger partial charge in [-0.15, -0.1) is 10.2 Å². The zero-order valence-corrected chi connectivity index (χ0v) is 20.6. The van der Waals surface area contributed by atoms with Crippen molar-refractivity contribution in [2.75, 3.05) is 0 Å². The Labute approximate surface area is 217 Å². The molecule has 6 aromatic rings. The number of nitrogens with two attached hydrogens (primary N) is 1. The Bertz CT molecular complexity index is 1830. The Hall–Kier alpha value is -4.99. The van der Waals surface area contributed by atoms with Gasteiger partial charge in [0.2, 0.25) is 5.91 Å². The number of rotatable bonds is 6. The van der Waals surface area contributed by atoms with E-state index in [0.717, 1.165) is 52.0 Å². The molecule has 0 bridgehead atoms. The van der Waals surface area contributed by atoms with Gasteiger partial charge in [0.15, 0.2) is 5.82 Å². The summed E-state index contributed by atoms with van der Waals surface area (Å²) in [7, 11) is 0. The number of hydrogen-bond acceptors (Lipinski definition) is 7. The molecular formula is C28H23N9O. The minimum atomic E-state index is -0.510. The van der Waals surface area contributed by atoms with Crippen molar-refractivity contribution in [2.45, 2.75) is 31.2 Å². The van der Waals surface area contributed by atoms with E-state index in [-0.39, 0.29) is 5.41 Å². The zero-order chi connectivity index (χ0) is 25.9. The maximum absolute atomic E-state index is 11.5. The minimum absolute atomic E-state index is 0.233. The molecule has 1 aliphatic rings. The largest absolute Gasteiger partial charge is 0.368 e. The summed E-state index contributed by atoms with van der Waals surface area (Å²) in [5.41, 5.74) is 10.8. The maximum Gasteiger partial charge on any atom is 0.271 e. The quantitative estimate of drug-likeness (QED) is 0.368. The molecule has 0 aliphatic heterocycles. The van der Waals surface area contributed by atoms with Crippen LogP contribution >= 0.6 is 0 Å². The van der Waals surface area contributed by atoms with Gasteiger partial charge in [-0.3, -0.25) is 14.5 Å². The summed E-state index contributed by atoms with van der Waals surface area (Å²) < 4.78 is 3.34. The molecule has 2 N–H and O–H groups in total. The second kappa shape index (κ2) is 8.27. The smallest absolute Gasteiger partial charge is 0.271 e. The fraction of sp³-hybridized carbons (Fsp3) is 0.179. The average molecular weight is 502 g/mol. The summed E-state index contributed by atoms with van der Waals surface area (Å²) in [6, 6.07) is 17.9. The first-order valence-corrected chi connectivity index (χ1v) is 12.4. The summed E-state index contributed by atoms with van der Waals surface area (Å²) >= 11 is 0. The number of nitrogens with zero attached hydrogens (tertiary/aromatic N) is 8. The molecule has 7 rings (SSSR count). The average Bonchev–Trinajstić information content (AvgIpc) is 3.40. The van der Waals surface area contributed by atoms with Crippen LogP contribution in [0.25, 0.3) is 39.1 Å². The minimum Gasteiger partial charge on any atom is -0.368 e. The number of hydrogen-bond donors (Lipinski definition) is 1. The van der Waals surface area contributed by atoms with Crippen LogP contribution in [0.1, 0.15) is 37.2 Å². The third-order valence-corrected chi connectivity index (χ3v) is 7.39. The molecule has 1 atom stereocenters. The standard InChI is InChI=1S/C28H23N9O/c1-17(25(29)38)36-16-21(14-32-36)18-4-6-19(7-5-18)24-15-31-27-34-33-26(37(27)35-24)28(10-11-28)22-8-9-23-20(13-22)3-2-12-30-23/h2-9,12-17H,10-11H2,1H3,(H2,29,38). The Morgan fingerprint density at radius 2 is 1.79 bits per heavy atom. The predicted molar refractivity (Wildman–Crippen MR) is 141 cm³/mol. The number of carbonyl (C=O) groups excluding carboxylic acids is 1. The second-order valence-electron chi connectivity index (χ2n) is 9.74. The molecule has 186 valence electrons. The molecule has 1 unspecified atom stereocenters. The number of aromatic nitrogens is 8. The summed E-state index contributed by atoms with van der Waals surface area (Å²) in [5, 5.41) is 19.1. The first-order valence-electron chi connectivity index (χ1n) is 12.4. The number of amides is 1. The lowest BCUT2D eigenvalue weighted by Gasteiger charge is -2.14. The summed E-state index contributed by atoms with van der Waals surface area (Å²) in [6.45, 7) is 1.72. The normalized spacial score (nSPS) is 15.1. The highest BCUT2D eigenvalue weighted by molar-refractivity contribution is 5.80. The zero-order valence-electron chi connectivity index (χ0n) is 20.6. The van der Waals surface area contributed by atoms with Crippen molar-refractivity contribution in [1.82, 2.24) is 39.6 Å².